The van der Waals surface area contributed by atoms with Crippen molar-refractivity contribution in [3.05, 3.63) is 66.0 Å². The van der Waals surface area contributed by atoms with Crippen molar-refractivity contribution in [2.75, 3.05) is 18.1 Å². The molecule has 1 N–H and O–H groups in total. The van der Waals surface area contributed by atoms with Crippen molar-refractivity contribution in [2.24, 2.45) is 0 Å². The van der Waals surface area contributed by atoms with E-state index < -0.39 is 9.84 Å². The highest BCUT2D eigenvalue weighted by Gasteiger charge is 2.15. The van der Waals surface area contributed by atoms with E-state index in [1.54, 1.807) is 23.7 Å². The molecule has 29 heavy (non-hydrogen) atoms. The van der Waals surface area contributed by atoms with Gasteiger partial charge in [0.1, 0.15) is 0 Å². The van der Waals surface area contributed by atoms with Crippen LogP contribution < -0.4 is 5.32 Å². The van der Waals surface area contributed by atoms with E-state index in [-0.39, 0.29) is 24.0 Å². The first-order valence-corrected chi connectivity index (χ1v) is 11.8. The molecule has 0 spiro atoms. The average molecular weight is 432 g/mol. The molecule has 0 fully saturated rings. The summed E-state index contributed by atoms with van der Waals surface area (Å²) in [5.74, 6) is 0.811. The summed E-state index contributed by atoms with van der Waals surface area (Å²) in [5.41, 5.74) is 1.35. The average Bonchev–Trinajstić information content (AvgIpc) is 3.21. The Kier molecular flexibility index (Phi) is 6.99. The van der Waals surface area contributed by atoms with E-state index >= 15 is 0 Å². The Morgan fingerprint density at radius 1 is 1.10 bits per heavy atom. The molecule has 0 aliphatic heterocycles. The minimum absolute atomic E-state index is 0.0610. The lowest BCUT2D eigenvalue weighted by molar-refractivity contribution is 0.0953. The summed E-state index contributed by atoms with van der Waals surface area (Å²) in [6, 6.07) is 16.7. The second kappa shape index (κ2) is 9.66. The molecular formula is C19H21N5O3S2. The molecule has 10 heteroatoms. The highest BCUT2D eigenvalue weighted by molar-refractivity contribution is 7.98. The van der Waals surface area contributed by atoms with Crippen LogP contribution in [0.1, 0.15) is 23.1 Å². The van der Waals surface area contributed by atoms with Crippen LogP contribution in [0, 0.1) is 0 Å². The van der Waals surface area contributed by atoms with Crippen molar-refractivity contribution < 1.29 is 13.2 Å². The summed E-state index contributed by atoms with van der Waals surface area (Å²) in [6.45, 7) is 1.67. The summed E-state index contributed by atoms with van der Waals surface area (Å²) in [6.07, 6.45) is 0. The maximum absolute atomic E-state index is 12.5. The number of aromatic nitrogens is 4. The largest absolute Gasteiger partial charge is 0.351 e. The van der Waals surface area contributed by atoms with Crippen molar-refractivity contribution in [1.82, 2.24) is 25.5 Å². The van der Waals surface area contributed by atoms with Crippen LogP contribution >= 0.6 is 11.8 Å². The molecule has 0 radical (unpaired) electrons. The highest BCUT2D eigenvalue weighted by Crippen LogP contribution is 2.26. The van der Waals surface area contributed by atoms with Crippen LogP contribution in [0.3, 0.4) is 0 Å². The van der Waals surface area contributed by atoms with Gasteiger partial charge in [-0.15, -0.1) is 16.9 Å². The Morgan fingerprint density at radius 3 is 2.59 bits per heavy atom. The predicted octanol–water partition coefficient (Wildman–Crippen LogP) is 2.12. The van der Waals surface area contributed by atoms with Crippen LogP contribution in [0.4, 0.5) is 0 Å². The summed E-state index contributed by atoms with van der Waals surface area (Å²) in [7, 11) is -3.12. The van der Waals surface area contributed by atoms with Gasteiger partial charge in [-0.25, -0.2) is 8.42 Å². The first-order valence-electron chi connectivity index (χ1n) is 9.03. The number of hydrogen-bond acceptors (Lipinski definition) is 7. The molecule has 0 bridgehead atoms. The topological polar surface area (TPSA) is 107 Å². The Labute approximate surface area is 173 Å². The molecule has 3 aromatic rings. The van der Waals surface area contributed by atoms with Crippen LogP contribution in [0.15, 0.2) is 59.5 Å². The molecule has 3 rings (SSSR count). The molecule has 152 valence electrons. The minimum atomic E-state index is -3.12. The van der Waals surface area contributed by atoms with Gasteiger partial charge < -0.3 is 5.32 Å². The molecule has 1 aromatic heterocycles. The zero-order chi connectivity index (χ0) is 20.7. The third-order valence-corrected chi connectivity index (χ3v) is 6.94. The van der Waals surface area contributed by atoms with Gasteiger partial charge in [0.25, 0.3) is 5.91 Å². The number of carbonyl (C=O) groups is 1. The lowest BCUT2D eigenvalue weighted by Gasteiger charge is -2.10. The lowest BCUT2D eigenvalue weighted by Crippen LogP contribution is -2.29. The number of carbonyl (C=O) groups excluding carboxylic acids is 1. The second-order valence-electron chi connectivity index (χ2n) is 6.12. The van der Waals surface area contributed by atoms with Gasteiger partial charge in [0.15, 0.2) is 15.7 Å². The van der Waals surface area contributed by atoms with Crippen LogP contribution in [-0.4, -0.2) is 52.6 Å². The first kappa shape index (κ1) is 21.0. The zero-order valence-electron chi connectivity index (χ0n) is 15.9. The van der Waals surface area contributed by atoms with Crippen molar-refractivity contribution in [3.8, 4) is 5.69 Å². The molecule has 2 aromatic carbocycles. The van der Waals surface area contributed by atoms with E-state index in [2.05, 4.69) is 20.8 Å². The number of para-hydroxylation sites is 1. The number of rotatable bonds is 9. The molecule has 0 saturated carbocycles. The van der Waals surface area contributed by atoms with Gasteiger partial charge in [0, 0.05) is 17.2 Å². The van der Waals surface area contributed by atoms with Gasteiger partial charge in [-0.1, -0.05) is 37.3 Å². The summed E-state index contributed by atoms with van der Waals surface area (Å²) < 4.78 is 24.8. The summed E-state index contributed by atoms with van der Waals surface area (Å²) in [5, 5.41) is 14.6. The van der Waals surface area contributed by atoms with Crippen molar-refractivity contribution in [3.63, 3.8) is 0 Å². The fraction of sp³-hybridized carbons (Fsp3) is 0.263. The SMILES string of the molecule is CCS(=O)(=O)CCNC(=O)c1ccccc1SCc1nnnn1-c1ccccc1. The molecule has 0 saturated heterocycles. The Bertz CT molecular complexity index is 1070. The van der Waals surface area contributed by atoms with E-state index in [1.807, 2.05) is 42.5 Å². The molecule has 0 aliphatic rings. The Morgan fingerprint density at radius 2 is 1.83 bits per heavy atom. The van der Waals surface area contributed by atoms with E-state index in [0.29, 0.717) is 17.1 Å². The van der Waals surface area contributed by atoms with Crippen molar-refractivity contribution in [1.29, 1.82) is 0 Å². The van der Waals surface area contributed by atoms with Crippen LogP contribution in [0.2, 0.25) is 0 Å². The Balaban J connectivity index is 1.68. The van der Waals surface area contributed by atoms with Gasteiger partial charge >= 0.3 is 0 Å². The van der Waals surface area contributed by atoms with E-state index in [9.17, 15) is 13.2 Å². The number of amides is 1. The maximum atomic E-state index is 12.5. The number of tetrazole rings is 1. The number of thioether (sulfide) groups is 1. The third-order valence-electron chi connectivity index (χ3n) is 4.16. The molecular weight excluding hydrogens is 410 g/mol. The summed E-state index contributed by atoms with van der Waals surface area (Å²) >= 11 is 1.44. The molecule has 0 unspecified atom stereocenters. The zero-order valence-corrected chi connectivity index (χ0v) is 17.5. The smallest absolute Gasteiger partial charge is 0.252 e. The van der Waals surface area contributed by atoms with E-state index in [4.69, 9.17) is 0 Å². The first-order chi connectivity index (χ1) is 14.0. The number of sulfone groups is 1. The monoisotopic (exact) mass is 431 g/mol. The molecule has 8 nitrogen and oxygen atoms in total. The number of nitrogens with one attached hydrogen (secondary N) is 1. The van der Waals surface area contributed by atoms with E-state index in [0.717, 1.165) is 10.6 Å². The fourth-order valence-electron chi connectivity index (χ4n) is 2.55. The normalized spacial score (nSPS) is 11.3. The summed E-state index contributed by atoms with van der Waals surface area (Å²) in [4.78, 5) is 13.3. The highest BCUT2D eigenvalue weighted by atomic mass is 32.2. The van der Waals surface area contributed by atoms with Gasteiger partial charge in [-0.05, 0) is 34.7 Å². The van der Waals surface area contributed by atoms with Crippen molar-refractivity contribution >= 4 is 27.5 Å². The van der Waals surface area contributed by atoms with Gasteiger partial charge in [0.05, 0.1) is 22.8 Å². The number of hydrogen-bond donors (Lipinski definition) is 1. The molecule has 1 amide bonds. The van der Waals surface area contributed by atoms with Crippen LogP contribution in [0.5, 0.6) is 0 Å². The fourth-order valence-corrected chi connectivity index (χ4v) is 4.20. The standard InChI is InChI=1S/C19H21N5O3S2/c1-2-29(26,27)13-12-20-19(25)16-10-6-7-11-17(16)28-14-18-21-22-23-24(18)15-8-4-3-5-9-15/h3-11H,2,12-14H2,1H3,(H,20,25). The molecule has 0 aliphatic carbocycles. The lowest BCUT2D eigenvalue weighted by atomic mass is 10.2. The number of nitrogens with zero attached hydrogens (tertiary/aromatic N) is 4. The Hall–Kier alpha value is -2.72. The second-order valence-corrected chi connectivity index (χ2v) is 9.61. The third kappa shape index (κ3) is 5.64. The predicted molar refractivity (Wildman–Crippen MR) is 112 cm³/mol. The van der Waals surface area contributed by atoms with Crippen LogP contribution in [-0.2, 0) is 15.6 Å². The van der Waals surface area contributed by atoms with Gasteiger partial charge in [-0.2, -0.15) is 4.68 Å². The molecule has 0 atom stereocenters. The van der Waals surface area contributed by atoms with Crippen LogP contribution in [0.25, 0.3) is 5.69 Å². The quantitative estimate of drug-likeness (QED) is 0.517. The minimum Gasteiger partial charge on any atom is -0.351 e. The van der Waals surface area contributed by atoms with Gasteiger partial charge in [0.2, 0.25) is 0 Å². The van der Waals surface area contributed by atoms with Gasteiger partial charge in [-0.3, -0.25) is 4.79 Å². The van der Waals surface area contributed by atoms with Crippen molar-refractivity contribution in [2.45, 2.75) is 17.6 Å². The number of benzene rings is 2. The van der Waals surface area contributed by atoms with E-state index in [1.165, 1.54) is 11.8 Å². The molecule has 1 heterocycles. The maximum Gasteiger partial charge on any atom is 0.252 e.